The molecule has 3 N–H and O–H groups in total. The molecule has 1 aliphatic heterocycles. The van der Waals surface area contributed by atoms with E-state index in [1.54, 1.807) is 60.7 Å². The number of carbonyl (C=O) groups excluding carboxylic acids is 3. The average molecular weight is 418 g/mol. The predicted molar refractivity (Wildman–Crippen MR) is 115 cm³/mol. The molecular weight excluding hydrogens is 399 g/mol. The first-order valence-corrected chi connectivity index (χ1v) is 9.60. The lowest BCUT2D eigenvalue weighted by Gasteiger charge is -2.29. The van der Waals surface area contributed by atoms with Gasteiger partial charge in [-0.3, -0.25) is 14.5 Å². The molecule has 0 fully saturated rings. The third-order valence-electron chi connectivity index (χ3n) is 4.78. The summed E-state index contributed by atoms with van der Waals surface area (Å²) in [5, 5.41) is 8.23. The van der Waals surface area contributed by atoms with E-state index in [-0.39, 0.29) is 30.7 Å². The largest absolute Gasteiger partial charge is 0.348 e. The summed E-state index contributed by atoms with van der Waals surface area (Å²) in [4.78, 5) is 38.3. The molecule has 4 rings (SSSR count). The lowest BCUT2D eigenvalue weighted by molar-refractivity contribution is -0.115. The van der Waals surface area contributed by atoms with Crippen molar-refractivity contribution in [3.05, 3.63) is 89.7 Å². The predicted octanol–water partition coefficient (Wildman–Crippen LogP) is 3.75. The van der Waals surface area contributed by atoms with Crippen molar-refractivity contribution in [3.8, 4) is 0 Å². The fourth-order valence-electron chi connectivity index (χ4n) is 3.20. The van der Waals surface area contributed by atoms with Gasteiger partial charge in [-0.25, -0.2) is 9.18 Å². The van der Waals surface area contributed by atoms with Crippen LogP contribution in [0.5, 0.6) is 0 Å². The van der Waals surface area contributed by atoms with Crippen LogP contribution in [0.4, 0.5) is 26.2 Å². The van der Waals surface area contributed by atoms with Crippen molar-refractivity contribution in [2.24, 2.45) is 0 Å². The highest BCUT2D eigenvalue weighted by molar-refractivity contribution is 6.12. The molecule has 156 valence electrons. The molecule has 0 spiro atoms. The van der Waals surface area contributed by atoms with Crippen LogP contribution in [-0.2, 0) is 11.3 Å². The number of hydrogen-bond acceptors (Lipinski definition) is 3. The molecule has 3 aromatic rings. The number of benzene rings is 3. The first-order valence-electron chi connectivity index (χ1n) is 9.60. The molecule has 3 aromatic carbocycles. The molecule has 1 heterocycles. The van der Waals surface area contributed by atoms with Crippen LogP contribution in [0.1, 0.15) is 15.9 Å². The second kappa shape index (κ2) is 8.66. The van der Waals surface area contributed by atoms with Crippen LogP contribution in [0.25, 0.3) is 0 Å². The molecule has 31 heavy (non-hydrogen) atoms. The topological polar surface area (TPSA) is 90.5 Å². The van der Waals surface area contributed by atoms with E-state index in [9.17, 15) is 18.8 Å². The Labute approximate surface area is 177 Å². The SMILES string of the molecule is O=C1CN(C(=O)Nc2ccc(C(=O)NCc3ccc(F)cc3)cc2)c2ccccc2N1. The van der Waals surface area contributed by atoms with Crippen molar-refractivity contribution in [1.82, 2.24) is 5.32 Å². The number of amides is 4. The summed E-state index contributed by atoms with van der Waals surface area (Å²) in [6.07, 6.45) is 0. The van der Waals surface area contributed by atoms with Crippen LogP contribution in [0, 0.1) is 5.82 Å². The fraction of sp³-hybridized carbons (Fsp3) is 0.0870. The van der Waals surface area contributed by atoms with Gasteiger partial charge in [0.25, 0.3) is 5.91 Å². The Morgan fingerprint density at radius 2 is 1.68 bits per heavy atom. The van der Waals surface area contributed by atoms with Crippen molar-refractivity contribution in [3.63, 3.8) is 0 Å². The lowest BCUT2D eigenvalue weighted by atomic mass is 10.1. The maximum atomic E-state index is 12.9. The van der Waals surface area contributed by atoms with Crippen LogP contribution in [-0.4, -0.2) is 24.4 Å². The number of nitrogens with one attached hydrogen (secondary N) is 3. The number of urea groups is 1. The van der Waals surface area contributed by atoms with E-state index in [1.807, 2.05) is 0 Å². The molecule has 0 radical (unpaired) electrons. The van der Waals surface area contributed by atoms with Gasteiger partial charge in [0.2, 0.25) is 5.91 Å². The normalized spacial score (nSPS) is 12.5. The quantitative estimate of drug-likeness (QED) is 0.603. The fourth-order valence-corrected chi connectivity index (χ4v) is 3.20. The zero-order valence-corrected chi connectivity index (χ0v) is 16.4. The number of anilines is 3. The molecule has 0 aromatic heterocycles. The molecule has 0 atom stereocenters. The summed E-state index contributed by atoms with van der Waals surface area (Å²) in [7, 11) is 0. The molecule has 4 amide bonds. The van der Waals surface area contributed by atoms with Crippen molar-refractivity contribution in [2.45, 2.75) is 6.54 Å². The van der Waals surface area contributed by atoms with Gasteiger partial charge in [-0.2, -0.15) is 0 Å². The highest BCUT2D eigenvalue weighted by atomic mass is 19.1. The van der Waals surface area contributed by atoms with Gasteiger partial charge >= 0.3 is 6.03 Å². The second-order valence-corrected chi connectivity index (χ2v) is 6.97. The van der Waals surface area contributed by atoms with E-state index in [2.05, 4.69) is 16.0 Å². The smallest absolute Gasteiger partial charge is 0.326 e. The van der Waals surface area contributed by atoms with Crippen LogP contribution < -0.4 is 20.9 Å². The van der Waals surface area contributed by atoms with Crippen molar-refractivity contribution in [2.75, 3.05) is 22.1 Å². The summed E-state index contributed by atoms with van der Waals surface area (Å²) in [5.41, 5.74) is 2.87. The molecule has 8 heteroatoms. The summed E-state index contributed by atoms with van der Waals surface area (Å²) < 4.78 is 12.9. The number of halogens is 1. The molecule has 0 unspecified atom stereocenters. The minimum Gasteiger partial charge on any atom is -0.348 e. The Hall–Kier alpha value is -4.20. The Morgan fingerprint density at radius 1 is 0.968 bits per heavy atom. The zero-order chi connectivity index (χ0) is 21.8. The van der Waals surface area contributed by atoms with Crippen molar-refractivity contribution >= 4 is 34.9 Å². The van der Waals surface area contributed by atoms with E-state index in [0.29, 0.717) is 22.6 Å². The minimum atomic E-state index is -0.448. The van der Waals surface area contributed by atoms with Crippen molar-refractivity contribution < 1.29 is 18.8 Å². The van der Waals surface area contributed by atoms with Gasteiger partial charge in [0.15, 0.2) is 0 Å². The molecule has 7 nitrogen and oxygen atoms in total. The zero-order valence-electron chi connectivity index (χ0n) is 16.4. The summed E-state index contributed by atoms with van der Waals surface area (Å²) in [5.74, 6) is -0.896. The monoisotopic (exact) mass is 418 g/mol. The van der Waals surface area contributed by atoms with Crippen LogP contribution in [0.3, 0.4) is 0 Å². The first-order chi connectivity index (χ1) is 15.0. The van der Waals surface area contributed by atoms with E-state index >= 15 is 0 Å². The van der Waals surface area contributed by atoms with E-state index in [4.69, 9.17) is 0 Å². The van der Waals surface area contributed by atoms with Gasteiger partial charge in [0.1, 0.15) is 12.4 Å². The van der Waals surface area contributed by atoms with Crippen LogP contribution in [0.15, 0.2) is 72.8 Å². The Balaban J connectivity index is 1.38. The van der Waals surface area contributed by atoms with Gasteiger partial charge in [0.05, 0.1) is 11.4 Å². The average Bonchev–Trinajstić information content (AvgIpc) is 2.78. The van der Waals surface area contributed by atoms with Gasteiger partial charge in [-0.05, 0) is 54.1 Å². The van der Waals surface area contributed by atoms with Gasteiger partial charge in [0, 0.05) is 17.8 Å². The van der Waals surface area contributed by atoms with Crippen LogP contribution in [0.2, 0.25) is 0 Å². The maximum Gasteiger partial charge on any atom is 0.326 e. The first kappa shape index (κ1) is 20.1. The van der Waals surface area contributed by atoms with Gasteiger partial charge in [-0.15, -0.1) is 0 Å². The van der Waals surface area contributed by atoms with Gasteiger partial charge < -0.3 is 16.0 Å². The molecule has 0 aliphatic carbocycles. The third kappa shape index (κ3) is 4.69. The van der Waals surface area contributed by atoms with E-state index in [0.717, 1.165) is 5.56 Å². The number of rotatable bonds is 4. The third-order valence-corrected chi connectivity index (χ3v) is 4.78. The maximum absolute atomic E-state index is 12.9. The number of hydrogen-bond donors (Lipinski definition) is 3. The number of nitrogens with zero attached hydrogens (tertiary/aromatic N) is 1. The molecule has 0 bridgehead atoms. The van der Waals surface area contributed by atoms with E-state index in [1.165, 1.54) is 17.0 Å². The number of para-hydroxylation sites is 2. The highest BCUT2D eigenvalue weighted by Crippen LogP contribution is 2.29. The standard InChI is InChI=1S/C23H19FN4O3/c24-17-9-5-15(6-10-17)13-25-22(30)16-7-11-18(12-8-16)26-23(31)28-14-21(29)27-19-3-1-2-4-20(19)28/h1-12H,13-14H2,(H,25,30)(H,26,31)(H,27,29). The number of carbonyl (C=O) groups is 3. The number of fused-ring (bicyclic) bond motifs is 1. The van der Waals surface area contributed by atoms with Gasteiger partial charge in [-0.1, -0.05) is 24.3 Å². The molecule has 0 saturated heterocycles. The summed E-state index contributed by atoms with van der Waals surface area (Å²) in [6, 6.07) is 18.9. The molecular formula is C23H19FN4O3. The van der Waals surface area contributed by atoms with Crippen LogP contribution >= 0.6 is 0 Å². The summed E-state index contributed by atoms with van der Waals surface area (Å²) >= 11 is 0. The highest BCUT2D eigenvalue weighted by Gasteiger charge is 2.26. The summed E-state index contributed by atoms with van der Waals surface area (Å²) in [6.45, 7) is 0.181. The Morgan fingerprint density at radius 3 is 2.42 bits per heavy atom. The minimum absolute atomic E-state index is 0.0906. The van der Waals surface area contributed by atoms with E-state index < -0.39 is 6.03 Å². The molecule has 1 aliphatic rings. The second-order valence-electron chi connectivity index (χ2n) is 6.97. The Kier molecular flexibility index (Phi) is 5.61. The molecule has 0 saturated carbocycles. The van der Waals surface area contributed by atoms with Crippen molar-refractivity contribution in [1.29, 1.82) is 0 Å². The lowest BCUT2D eigenvalue weighted by Crippen LogP contribution is -2.44. The Bertz CT molecular complexity index is 1130.